The van der Waals surface area contributed by atoms with E-state index in [0.717, 1.165) is 35.9 Å². The lowest BCUT2D eigenvalue weighted by atomic mass is 10.1. The zero-order valence-corrected chi connectivity index (χ0v) is 10.5. The third kappa shape index (κ3) is 2.88. The van der Waals surface area contributed by atoms with Gasteiger partial charge in [-0.3, -0.25) is 0 Å². The van der Waals surface area contributed by atoms with Gasteiger partial charge in [0.05, 0.1) is 6.61 Å². The molecular formula is C14H17NO3. The van der Waals surface area contributed by atoms with E-state index in [9.17, 15) is 0 Å². The zero-order valence-electron chi connectivity index (χ0n) is 10.5. The lowest BCUT2D eigenvalue weighted by Gasteiger charge is -2.12. The van der Waals surface area contributed by atoms with E-state index in [4.69, 9.17) is 20.6 Å². The maximum Gasteiger partial charge on any atom is 0.231 e. The first-order valence-electron chi connectivity index (χ1n) is 6.04. The molecule has 0 aromatic heterocycles. The standard InChI is InChI=1S/C14H17NO3/c1-3-5-6-16-12-8-14-13(17-10-18-14)7-11(12)9-15-4-2/h1,7-8,15H,4-6,9-10H2,2H3. The molecule has 1 aromatic rings. The van der Waals surface area contributed by atoms with Crippen LogP contribution in [0.25, 0.3) is 0 Å². The van der Waals surface area contributed by atoms with Crippen molar-refractivity contribution in [2.75, 3.05) is 19.9 Å². The summed E-state index contributed by atoms with van der Waals surface area (Å²) in [5, 5.41) is 3.27. The van der Waals surface area contributed by atoms with Gasteiger partial charge in [-0.15, -0.1) is 12.3 Å². The minimum Gasteiger partial charge on any atom is -0.492 e. The summed E-state index contributed by atoms with van der Waals surface area (Å²) in [5.41, 5.74) is 1.05. The van der Waals surface area contributed by atoms with E-state index in [1.807, 2.05) is 12.1 Å². The maximum absolute atomic E-state index is 5.68. The monoisotopic (exact) mass is 247 g/mol. The van der Waals surface area contributed by atoms with Gasteiger partial charge in [-0.2, -0.15) is 0 Å². The van der Waals surface area contributed by atoms with Crippen molar-refractivity contribution in [3.05, 3.63) is 17.7 Å². The van der Waals surface area contributed by atoms with E-state index in [1.165, 1.54) is 0 Å². The summed E-state index contributed by atoms with van der Waals surface area (Å²) in [6, 6.07) is 3.82. The Labute approximate surface area is 107 Å². The Morgan fingerprint density at radius 3 is 2.89 bits per heavy atom. The summed E-state index contributed by atoms with van der Waals surface area (Å²) in [6.45, 7) is 4.47. The summed E-state index contributed by atoms with van der Waals surface area (Å²) in [4.78, 5) is 0. The van der Waals surface area contributed by atoms with Crippen LogP contribution in [0.3, 0.4) is 0 Å². The van der Waals surface area contributed by atoms with Crippen LogP contribution in [0.2, 0.25) is 0 Å². The molecule has 1 heterocycles. The molecule has 0 amide bonds. The molecule has 0 saturated carbocycles. The second-order valence-electron chi connectivity index (χ2n) is 3.90. The maximum atomic E-state index is 5.68. The molecule has 0 saturated heterocycles. The van der Waals surface area contributed by atoms with Crippen molar-refractivity contribution < 1.29 is 14.2 Å². The SMILES string of the molecule is C#CCCOc1cc2c(cc1CNCC)OCO2. The normalized spacial score (nSPS) is 12.2. The Hall–Kier alpha value is -1.86. The molecule has 2 rings (SSSR count). The van der Waals surface area contributed by atoms with Gasteiger partial charge in [0.1, 0.15) is 5.75 Å². The van der Waals surface area contributed by atoms with Crippen molar-refractivity contribution in [1.82, 2.24) is 5.32 Å². The molecule has 1 aliphatic heterocycles. The van der Waals surface area contributed by atoms with E-state index in [-0.39, 0.29) is 6.79 Å². The van der Waals surface area contributed by atoms with Gasteiger partial charge in [0.15, 0.2) is 11.5 Å². The van der Waals surface area contributed by atoms with Crippen LogP contribution in [0.15, 0.2) is 12.1 Å². The molecule has 1 N–H and O–H groups in total. The van der Waals surface area contributed by atoms with Crippen LogP contribution in [0, 0.1) is 12.3 Å². The number of fused-ring (bicyclic) bond motifs is 1. The van der Waals surface area contributed by atoms with E-state index in [2.05, 4.69) is 18.2 Å². The van der Waals surface area contributed by atoms with Gasteiger partial charge in [-0.05, 0) is 12.6 Å². The van der Waals surface area contributed by atoms with Gasteiger partial charge in [0.2, 0.25) is 6.79 Å². The molecular weight excluding hydrogens is 230 g/mol. The lowest BCUT2D eigenvalue weighted by molar-refractivity contribution is 0.173. The molecule has 0 radical (unpaired) electrons. The quantitative estimate of drug-likeness (QED) is 0.616. The van der Waals surface area contributed by atoms with E-state index in [1.54, 1.807) is 0 Å². The van der Waals surface area contributed by atoms with Crippen molar-refractivity contribution in [3.63, 3.8) is 0 Å². The highest BCUT2D eigenvalue weighted by Crippen LogP contribution is 2.38. The highest BCUT2D eigenvalue weighted by Gasteiger charge is 2.17. The predicted octanol–water partition coefficient (Wildman–Crippen LogP) is 1.93. The first-order valence-corrected chi connectivity index (χ1v) is 6.04. The fraction of sp³-hybridized carbons (Fsp3) is 0.429. The molecule has 0 bridgehead atoms. The molecule has 0 unspecified atom stereocenters. The molecule has 0 spiro atoms. The molecule has 0 fully saturated rings. The van der Waals surface area contributed by atoms with Crippen molar-refractivity contribution in [3.8, 4) is 29.6 Å². The minimum atomic E-state index is 0.268. The average Bonchev–Trinajstić information content (AvgIpc) is 2.83. The molecule has 18 heavy (non-hydrogen) atoms. The summed E-state index contributed by atoms with van der Waals surface area (Å²) >= 11 is 0. The number of hydrogen-bond donors (Lipinski definition) is 1. The van der Waals surface area contributed by atoms with Crippen molar-refractivity contribution in [1.29, 1.82) is 0 Å². The molecule has 0 aliphatic carbocycles. The highest BCUT2D eigenvalue weighted by atomic mass is 16.7. The average molecular weight is 247 g/mol. The minimum absolute atomic E-state index is 0.268. The fourth-order valence-electron chi connectivity index (χ4n) is 1.72. The van der Waals surface area contributed by atoms with Crippen LogP contribution < -0.4 is 19.5 Å². The van der Waals surface area contributed by atoms with Crippen LogP contribution in [0.4, 0.5) is 0 Å². The largest absolute Gasteiger partial charge is 0.492 e. The molecule has 4 nitrogen and oxygen atoms in total. The Kier molecular flexibility index (Phi) is 4.32. The Balaban J connectivity index is 2.15. The van der Waals surface area contributed by atoms with Crippen LogP contribution in [0.5, 0.6) is 17.2 Å². The van der Waals surface area contributed by atoms with Crippen molar-refractivity contribution in [2.45, 2.75) is 19.9 Å². The van der Waals surface area contributed by atoms with Gasteiger partial charge in [0, 0.05) is 24.6 Å². The summed E-state index contributed by atoms with van der Waals surface area (Å²) in [6.07, 6.45) is 5.81. The van der Waals surface area contributed by atoms with Gasteiger partial charge >= 0.3 is 0 Å². The van der Waals surface area contributed by atoms with Gasteiger partial charge in [0.25, 0.3) is 0 Å². The van der Waals surface area contributed by atoms with Crippen LogP contribution >= 0.6 is 0 Å². The topological polar surface area (TPSA) is 39.7 Å². The van der Waals surface area contributed by atoms with Crippen LogP contribution in [0.1, 0.15) is 18.9 Å². The Morgan fingerprint density at radius 1 is 1.39 bits per heavy atom. The van der Waals surface area contributed by atoms with E-state index < -0.39 is 0 Å². The van der Waals surface area contributed by atoms with E-state index >= 15 is 0 Å². The summed E-state index contributed by atoms with van der Waals surface area (Å²) in [5.74, 6) is 4.86. The van der Waals surface area contributed by atoms with Crippen molar-refractivity contribution in [2.24, 2.45) is 0 Å². The Bertz CT molecular complexity index is 451. The number of benzene rings is 1. The number of nitrogens with one attached hydrogen (secondary N) is 1. The summed E-state index contributed by atoms with van der Waals surface area (Å²) < 4.78 is 16.4. The number of ether oxygens (including phenoxy) is 3. The van der Waals surface area contributed by atoms with E-state index in [0.29, 0.717) is 13.0 Å². The first kappa shape index (κ1) is 12.6. The fourth-order valence-corrected chi connectivity index (χ4v) is 1.72. The predicted molar refractivity (Wildman–Crippen MR) is 68.9 cm³/mol. The third-order valence-corrected chi connectivity index (χ3v) is 2.63. The highest BCUT2D eigenvalue weighted by molar-refractivity contribution is 5.51. The van der Waals surface area contributed by atoms with Crippen molar-refractivity contribution >= 4 is 0 Å². The van der Waals surface area contributed by atoms with Gasteiger partial charge in [-0.1, -0.05) is 6.92 Å². The van der Waals surface area contributed by atoms with Gasteiger partial charge < -0.3 is 19.5 Å². The van der Waals surface area contributed by atoms with Crippen LogP contribution in [-0.4, -0.2) is 19.9 Å². The number of terminal acetylenes is 1. The van der Waals surface area contributed by atoms with Gasteiger partial charge in [-0.25, -0.2) is 0 Å². The second kappa shape index (κ2) is 6.18. The lowest BCUT2D eigenvalue weighted by Crippen LogP contribution is -2.13. The number of hydrogen-bond acceptors (Lipinski definition) is 4. The smallest absolute Gasteiger partial charge is 0.231 e. The Morgan fingerprint density at radius 2 is 2.17 bits per heavy atom. The zero-order chi connectivity index (χ0) is 12.8. The number of rotatable bonds is 6. The molecule has 1 aliphatic rings. The third-order valence-electron chi connectivity index (χ3n) is 2.63. The second-order valence-corrected chi connectivity index (χ2v) is 3.90. The molecule has 0 atom stereocenters. The molecule has 96 valence electrons. The summed E-state index contributed by atoms with van der Waals surface area (Å²) in [7, 11) is 0. The first-order chi connectivity index (χ1) is 8.85. The van der Waals surface area contributed by atoms with Crippen LogP contribution in [-0.2, 0) is 6.54 Å². The molecule has 4 heteroatoms. The molecule has 1 aromatic carbocycles.